The molecule has 2 N–H and O–H groups in total. The molecule has 1 atom stereocenters. The van der Waals surface area contributed by atoms with E-state index in [9.17, 15) is 18.8 Å². The molecular formula is C20H22FN3O3S. The normalized spacial score (nSPS) is 16.0. The van der Waals surface area contributed by atoms with Gasteiger partial charge in [-0.15, -0.1) is 11.3 Å². The summed E-state index contributed by atoms with van der Waals surface area (Å²) in [5.41, 5.74) is 0.355. The molecule has 2 heterocycles. The molecule has 2 aromatic rings. The molecule has 0 unspecified atom stereocenters. The highest BCUT2D eigenvalue weighted by Crippen LogP contribution is 2.20. The Morgan fingerprint density at radius 3 is 2.57 bits per heavy atom. The molecule has 28 heavy (non-hydrogen) atoms. The number of halogens is 1. The zero-order valence-corrected chi connectivity index (χ0v) is 16.1. The minimum atomic E-state index is -0.458. The lowest BCUT2D eigenvalue weighted by atomic mass is 10.2. The quantitative estimate of drug-likeness (QED) is 0.694. The third kappa shape index (κ3) is 5.16. The molecule has 0 aliphatic carbocycles. The summed E-state index contributed by atoms with van der Waals surface area (Å²) < 4.78 is 12.9. The average molecular weight is 403 g/mol. The number of likely N-dealkylation sites (tertiary alicyclic amines) is 1. The van der Waals surface area contributed by atoms with Crippen LogP contribution in [0.2, 0.25) is 0 Å². The largest absolute Gasteiger partial charge is 0.353 e. The van der Waals surface area contributed by atoms with E-state index in [2.05, 4.69) is 10.6 Å². The van der Waals surface area contributed by atoms with Crippen molar-refractivity contribution >= 4 is 29.1 Å². The first-order valence-electron chi connectivity index (χ1n) is 9.18. The number of nitrogens with zero attached hydrogens (tertiary/aromatic N) is 1. The van der Waals surface area contributed by atoms with Crippen molar-refractivity contribution in [3.8, 4) is 0 Å². The summed E-state index contributed by atoms with van der Waals surface area (Å²) >= 11 is 1.53. The minimum Gasteiger partial charge on any atom is -0.353 e. The van der Waals surface area contributed by atoms with Crippen LogP contribution in [-0.2, 0) is 16.0 Å². The molecule has 6 nitrogen and oxygen atoms in total. The number of hydrogen-bond acceptors (Lipinski definition) is 4. The van der Waals surface area contributed by atoms with Gasteiger partial charge in [0, 0.05) is 30.1 Å². The molecule has 1 fully saturated rings. The fraction of sp³-hybridized carbons (Fsp3) is 0.350. The lowest BCUT2D eigenvalue weighted by Crippen LogP contribution is -2.47. The molecule has 1 saturated heterocycles. The van der Waals surface area contributed by atoms with Crippen molar-refractivity contribution in [3.05, 3.63) is 58.0 Å². The molecule has 0 spiro atoms. The van der Waals surface area contributed by atoms with Crippen LogP contribution in [-0.4, -0.2) is 48.3 Å². The van der Waals surface area contributed by atoms with Gasteiger partial charge in [0.1, 0.15) is 11.9 Å². The zero-order valence-electron chi connectivity index (χ0n) is 15.3. The summed E-state index contributed by atoms with van der Waals surface area (Å²) in [6.07, 6.45) is 1.76. The van der Waals surface area contributed by atoms with Crippen molar-refractivity contribution in [3.63, 3.8) is 0 Å². The van der Waals surface area contributed by atoms with E-state index in [1.165, 1.54) is 35.6 Å². The van der Waals surface area contributed by atoms with Crippen molar-refractivity contribution in [2.45, 2.75) is 25.3 Å². The maximum atomic E-state index is 12.9. The first-order chi connectivity index (χ1) is 13.5. The highest BCUT2D eigenvalue weighted by atomic mass is 32.1. The Labute approximate surface area is 166 Å². The molecule has 3 amide bonds. The summed E-state index contributed by atoms with van der Waals surface area (Å²) in [6.45, 7) is 1.09. The molecule has 0 bridgehead atoms. The Kier molecular flexibility index (Phi) is 6.76. The van der Waals surface area contributed by atoms with Crippen molar-refractivity contribution in [2.24, 2.45) is 0 Å². The Morgan fingerprint density at radius 1 is 1.11 bits per heavy atom. The first kappa shape index (κ1) is 20.0. The Hall–Kier alpha value is -2.74. The minimum absolute atomic E-state index is 0.0373. The maximum Gasteiger partial charge on any atom is 0.251 e. The Bertz CT molecular complexity index is 824. The lowest BCUT2D eigenvalue weighted by molar-refractivity contribution is -0.137. The molecule has 148 valence electrons. The third-order valence-electron chi connectivity index (χ3n) is 4.60. The number of amides is 3. The molecule has 0 radical (unpaired) electrons. The SMILES string of the molecule is O=C(NCCNC(=O)[C@H]1CCCN1C(=O)Cc1cccs1)c1ccc(F)cc1. The van der Waals surface area contributed by atoms with Crippen LogP contribution in [0, 0.1) is 5.82 Å². The highest BCUT2D eigenvalue weighted by molar-refractivity contribution is 7.10. The number of hydrogen-bond donors (Lipinski definition) is 2. The van der Waals surface area contributed by atoms with E-state index in [0.29, 0.717) is 24.9 Å². The van der Waals surface area contributed by atoms with Gasteiger partial charge in [-0.1, -0.05) is 6.07 Å². The maximum absolute atomic E-state index is 12.9. The van der Waals surface area contributed by atoms with Crippen LogP contribution in [0.5, 0.6) is 0 Å². The van der Waals surface area contributed by atoms with Crippen molar-refractivity contribution in [2.75, 3.05) is 19.6 Å². The summed E-state index contributed by atoms with van der Waals surface area (Å²) in [5, 5.41) is 7.38. The summed E-state index contributed by atoms with van der Waals surface area (Å²) in [7, 11) is 0. The number of benzene rings is 1. The van der Waals surface area contributed by atoms with Gasteiger partial charge < -0.3 is 15.5 Å². The Morgan fingerprint density at radius 2 is 1.86 bits per heavy atom. The van der Waals surface area contributed by atoms with Crippen molar-refractivity contribution in [1.82, 2.24) is 15.5 Å². The van der Waals surface area contributed by atoms with Gasteiger partial charge in [0.15, 0.2) is 0 Å². The van der Waals surface area contributed by atoms with Crippen molar-refractivity contribution < 1.29 is 18.8 Å². The smallest absolute Gasteiger partial charge is 0.251 e. The molecule has 1 aromatic heterocycles. The van der Waals surface area contributed by atoms with E-state index in [4.69, 9.17) is 0 Å². The van der Waals surface area contributed by atoms with E-state index in [1.807, 2.05) is 17.5 Å². The van der Waals surface area contributed by atoms with Crippen LogP contribution in [0.15, 0.2) is 41.8 Å². The second kappa shape index (κ2) is 9.45. The predicted octanol–water partition coefficient (Wildman–Crippen LogP) is 1.97. The van der Waals surface area contributed by atoms with Crippen molar-refractivity contribution in [1.29, 1.82) is 0 Å². The Balaban J connectivity index is 1.42. The lowest BCUT2D eigenvalue weighted by Gasteiger charge is -2.24. The van der Waals surface area contributed by atoms with Gasteiger partial charge in [-0.05, 0) is 48.6 Å². The van der Waals surface area contributed by atoms with Crippen LogP contribution in [0.1, 0.15) is 28.1 Å². The average Bonchev–Trinajstić information content (AvgIpc) is 3.37. The molecule has 1 aromatic carbocycles. The number of rotatable bonds is 7. The molecule has 0 saturated carbocycles. The van der Waals surface area contributed by atoms with E-state index in [1.54, 1.807) is 4.90 Å². The topological polar surface area (TPSA) is 78.5 Å². The van der Waals surface area contributed by atoms with Crippen LogP contribution in [0.4, 0.5) is 4.39 Å². The van der Waals surface area contributed by atoms with Crippen LogP contribution in [0.25, 0.3) is 0 Å². The molecule has 1 aliphatic rings. The monoisotopic (exact) mass is 403 g/mol. The van der Waals surface area contributed by atoms with Crippen LogP contribution >= 0.6 is 11.3 Å². The van der Waals surface area contributed by atoms with E-state index in [-0.39, 0.29) is 30.8 Å². The molecular weight excluding hydrogens is 381 g/mol. The first-order valence-corrected chi connectivity index (χ1v) is 10.1. The summed E-state index contributed by atoms with van der Waals surface area (Å²) in [5.74, 6) is -0.973. The molecule has 1 aliphatic heterocycles. The van der Waals surface area contributed by atoms with Gasteiger partial charge in [0.2, 0.25) is 11.8 Å². The number of nitrogens with one attached hydrogen (secondary N) is 2. The van der Waals surface area contributed by atoms with Gasteiger partial charge in [0.25, 0.3) is 5.91 Å². The zero-order chi connectivity index (χ0) is 19.9. The fourth-order valence-electron chi connectivity index (χ4n) is 3.18. The van der Waals surface area contributed by atoms with E-state index < -0.39 is 11.9 Å². The van der Waals surface area contributed by atoms with Crippen LogP contribution in [0.3, 0.4) is 0 Å². The summed E-state index contributed by atoms with van der Waals surface area (Å²) in [4.78, 5) is 39.5. The highest BCUT2D eigenvalue weighted by Gasteiger charge is 2.33. The van der Waals surface area contributed by atoms with Gasteiger partial charge in [0.05, 0.1) is 6.42 Å². The second-order valence-corrected chi connectivity index (χ2v) is 7.59. The molecule has 8 heteroatoms. The number of carbonyl (C=O) groups excluding carboxylic acids is 3. The van der Waals surface area contributed by atoms with E-state index in [0.717, 1.165) is 11.3 Å². The van der Waals surface area contributed by atoms with Gasteiger partial charge in [-0.3, -0.25) is 14.4 Å². The number of thiophene rings is 1. The predicted molar refractivity (Wildman–Crippen MR) is 105 cm³/mol. The number of carbonyl (C=O) groups is 3. The van der Waals surface area contributed by atoms with Gasteiger partial charge in [-0.25, -0.2) is 4.39 Å². The van der Waals surface area contributed by atoms with Gasteiger partial charge >= 0.3 is 0 Å². The molecule has 3 rings (SSSR count). The standard InChI is InChI=1S/C20H22FN3O3S/c21-15-7-5-14(6-8-15)19(26)22-9-10-23-20(27)17-4-1-11-24(17)18(25)13-16-3-2-12-28-16/h2-3,5-8,12,17H,1,4,9-11,13H2,(H,22,26)(H,23,27)/t17-/m1/s1. The fourth-order valence-corrected chi connectivity index (χ4v) is 3.88. The van der Waals surface area contributed by atoms with E-state index >= 15 is 0 Å². The second-order valence-electron chi connectivity index (χ2n) is 6.56. The van der Waals surface area contributed by atoms with Crippen LogP contribution < -0.4 is 10.6 Å². The summed E-state index contributed by atoms with van der Waals surface area (Å²) in [6, 6.07) is 8.61. The van der Waals surface area contributed by atoms with Gasteiger partial charge in [-0.2, -0.15) is 0 Å². The third-order valence-corrected chi connectivity index (χ3v) is 5.47.